The number of aromatic nitrogens is 2. The van der Waals surface area contributed by atoms with Crippen molar-refractivity contribution in [3.05, 3.63) is 76.0 Å². The molecule has 5 rings (SSSR count). The van der Waals surface area contributed by atoms with Crippen LogP contribution in [0.3, 0.4) is 0 Å². The molecule has 0 spiro atoms. The fourth-order valence-electron chi connectivity index (χ4n) is 3.90. The summed E-state index contributed by atoms with van der Waals surface area (Å²) in [6.07, 6.45) is -0.982. The number of hydrazone groups is 1. The Hall–Kier alpha value is -3.78. The molecule has 0 fully saturated rings. The van der Waals surface area contributed by atoms with E-state index in [1.807, 2.05) is 50.4 Å². The fourth-order valence-corrected chi connectivity index (χ4v) is 4.45. The maximum atomic E-state index is 10.2. The fraction of sp³-hybridized carbons (Fsp3) is 0.154. The third kappa shape index (κ3) is 4.93. The van der Waals surface area contributed by atoms with Crippen molar-refractivity contribution in [1.29, 1.82) is 5.26 Å². The molecule has 2 aromatic carbocycles. The number of anilines is 1. The van der Waals surface area contributed by atoms with Crippen LogP contribution >= 0.6 is 23.2 Å². The van der Waals surface area contributed by atoms with Crippen LogP contribution in [0.25, 0.3) is 22.2 Å². The first kappa shape index (κ1) is 24.9. The summed E-state index contributed by atoms with van der Waals surface area (Å²) in [7, 11) is 0. The van der Waals surface area contributed by atoms with Gasteiger partial charge in [-0.2, -0.15) is 10.4 Å². The Morgan fingerprint density at radius 3 is 2.49 bits per heavy atom. The van der Waals surface area contributed by atoms with Gasteiger partial charge in [-0.25, -0.2) is 15.3 Å². The molecule has 0 aliphatic carbocycles. The van der Waals surface area contributed by atoms with E-state index in [0.717, 1.165) is 38.4 Å². The summed E-state index contributed by atoms with van der Waals surface area (Å²) >= 11 is 13.0. The van der Waals surface area contributed by atoms with E-state index in [4.69, 9.17) is 38.2 Å². The van der Waals surface area contributed by atoms with Gasteiger partial charge in [0.2, 0.25) is 6.35 Å². The SMILES string of the molecule is Cc1ccc(-c2cc(C)c3cc(Oc4c(Cl)cc(N5N=C(C#N)C(O)NC5O)cc4Cl)ccc3n2)cn1. The number of benzene rings is 2. The highest BCUT2D eigenvalue weighted by molar-refractivity contribution is 6.37. The highest BCUT2D eigenvalue weighted by Gasteiger charge is 2.29. The summed E-state index contributed by atoms with van der Waals surface area (Å²) in [4.78, 5) is 9.13. The van der Waals surface area contributed by atoms with Crippen molar-refractivity contribution in [1.82, 2.24) is 15.3 Å². The topological polar surface area (TPSA) is 127 Å². The molecule has 11 heteroatoms. The summed E-state index contributed by atoms with van der Waals surface area (Å²) < 4.78 is 6.03. The number of hydrogen-bond acceptors (Lipinski definition) is 9. The zero-order valence-electron chi connectivity index (χ0n) is 19.6. The van der Waals surface area contributed by atoms with Gasteiger partial charge in [-0.3, -0.25) is 4.98 Å². The lowest BCUT2D eigenvalue weighted by atomic mass is 10.1. The summed E-state index contributed by atoms with van der Waals surface area (Å²) in [6.45, 7) is 3.94. The number of aliphatic hydroxyl groups is 2. The summed E-state index contributed by atoms with van der Waals surface area (Å²) in [5.41, 5.74) is 4.59. The van der Waals surface area contributed by atoms with E-state index in [0.29, 0.717) is 11.4 Å². The van der Waals surface area contributed by atoms with E-state index in [1.165, 1.54) is 12.1 Å². The number of aliphatic hydroxyl groups excluding tert-OH is 2. The lowest BCUT2D eigenvalue weighted by molar-refractivity contribution is 0.0631. The number of nitrogens with zero attached hydrogens (tertiary/aromatic N) is 5. The number of nitrogens with one attached hydrogen (secondary N) is 1. The van der Waals surface area contributed by atoms with Crippen LogP contribution in [0.2, 0.25) is 10.0 Å². The largest absolute Gasteiger partial charge is 0.454 e. The number of fused-ring (bicyclic) bond motifs is 1. The van der Waals surface area contributed by atoms with Crippen molar-refractivity contribution >= 4 is 45.5 Å². The molecule has 2 unspecified atom stereocenters. The minimum atomic E-state index is -1.40. The minimum absolute atomic E-state index is 0.159. The van der Waals surface area contributed by atoms with Gasteiger partial charge in [-0.1, -0.05) is 23.2 Å². The van der Waals surface area contributed by atoms with Gasteiger partial charge in [0.15, 0.2) is 17.7 Å². The predicted molar refractivity (Wildman–Crippen MR) is 142 cm³/mol. The maximum Gasteiger partial charge on any atom is 0.206 e. The van der Waals surface area contributed by atoms with Crippen molar-refractivity contribution in [2.75, 3.05) is 5.01 Å². The van der Waals surface area contributed by atoms with Gasteiger partial charge in [-0.05, 0) is 67.9 Å². The average molecular weight is 535 g/mol. The Morgan fingerprint density at radius 1 is 1.05 bits per heavy atom. The third-order valence-electron chi connectivity index (χ3n) is 5.79. The molecule has 3 N–H and O–H groups in total. The van der Waals surface area contributed by atoms with Crippen LogP contribution in [0.4, 0.5) is 5.69 Å². The second-order valence-electron chi connectivity index (χ2n) is 8.42. The Bertz CT molecular complexity index is 1560. The monoisotopic (exact) mass is 534 g/mol. The molecular formula is C26H20Cl2N6O3. The molecule has 0 amide bonds. The molecular weight excluding hydrogens is 515 g/mol. The first-order valence-electron chi connectivity index (χ1n) is 11.1. The zero-order chi connectivity index (χ0) is 26.3. The van der Waals surface area contributed by atoms with Gasteiger partial charge in [0, 0.05) is 22.8 Å². The molecule has 0 radical (unpaired) electrons. The third-order valence-corrected chi connectivity index (χ3v) is 6.35. The molecule has 0 saturated carbocycles. The molecule has 3 heterocycles. The van der Waals surface area contributed by atoms with Crippen molar-refractivity contribution < 1.29 is 14.9 Å². The standard InChI is InChI=1S/C26H20Cl2N6O3/c1-13-7-22(15-4-3-14(2)30-12-15)31-21-6-5-17(10-18(13)21)37-24-19(27)8-16(9-20(24)28)34-26(36)32-25(35)23(11-29)33-34/h3-10,12,25-26,32,35-36H,1-2H3. The number of hydrogen-bond donors (Lipinski definition) is 3. The predicted octanol–water partition coefficient (Wildman–Crippen LogP) is 4.90. The van der Waals surface area contributed by atoms with Gasteiger partial charge >= 0.3 is 0 Å². The smallest absolute Gasteiger partial charge is 0.206 e. The van der Waals surface area contributed by atoms with Crippen LogP contribution in [-0.2, 0) is 0 Å². The molecule has 2 aromatic heterocycles. The van der Waals surface area contributed by atoms with Crippen LogP contribution in [-0.4, -0.2) is 38.5 Å². The van der Waals surface area contributed by atoms with E-state index in [-0.39, 0.29) is 21.5 Å². The van der Waals surface area contributed by atoms with Crippen molar-refractivity contribution in [3.63, 3.8) is 0 Å². The van der Waals surface area contributed by atoms with E-state index in [2.05, 4.69) is 15.4 Å². The van der Waals surface area contributed by atoms with Crippen LogP contribution in [0.5, 0.6) is 11.5 Å². The van der Waals surface area contributed by atoms with E-state index >= 15 is 0 Å². The summed E-state index contributed by atoms with van der Waals surface area (Å²) in [6, 6.07) is 16.2. The molecule has 9 nitrogen and oxygen atoms in total. The van der Waals surface area contributed by atoms with Gasteiger partial charge in [0.05, 0.1) is 26.9 Å². The van der Waals surface area contributed by atoms with Crippen LogP contribution in [0.1, 0.15) is 11.3 Å². The summed E-state index contributed by atoms with van der Waals surface area (Å²) in [5.74, 6) is 0.717. The molecule has 1 aliphatic rings. The first-order chi connectivity index (χ1) is 17.7. The Kier molecular flexibility index (Phi) is 6.69. The molecule has 4 aromatic rings. The average Bonchev–Trinajstić information content (AvgIpc) is 2.87. The number of ether oxygens (including phenoxy) is 1. The van der Waals surface area contributed by atoms with Crippen molar-refractivity contribution in [3.8, 4) is 28.8 Å². The lowest BCUT2D eigenvalue weighted by Gasteiger charge is -2.32. The Balaban J connectivity index is 1.45. The van der Waals surface area contributed by atoms with Gasteiger partial charge in [0.25, 0.3) is 0 Å². The summed E-state index contributed by atoms with van der Waals surface area (Å²) in [5, 5.41) is 37.8. The second-order valence-corrected chi connectivity index (χ2v) is 9.23. The second kappa shape index (κ2) is 9.94. The number of pyridine rings is 2. The molecule has 2 atom stereocenters. The van der Waals surface area contributed by atoms with Crippen LogP contribution < -0.4 is 15.1 Å². The molecule has 37 heavy (non-hydrogen) atoms. The quantitative estimate of drug-likeness (QED) is 0.337. The van der Waals surface area contributed by atoms with E-state index < -0.39 is 12.6 Å². The maximum absolute atomic E-state index is 10.2. The zero-order valence-corrected chi connectivity index (χ0v) is 21.2. The number of nitriles is 1. The normalized spacial score (nSPS) is 17.4. The molecule has 0 bridgehead atoms. The van der Waals surface area contributed by atoms with Crippen molar-refractivity contribution in [2.45, 2.75) is 26.4 Å². The number of halogens is 2. The lowest BCUT2D eigenvalue weighted by Crippen LogP contribution is -2.55. The van der Waals surface area contributed by atoms with Crippen LogP contribution in [0, 0.1) is 25.2 Å². The van der Waals surface area contributed by atoms with Gasteiger partial charge < -0.3 is 14.9 Å². The first-order valence-corrected chi connectivity index (χ1v) is 11.9. The molecule has 1 aliphatic heterocycles. The van der Waals surface area contributed by atoms with Crippen LogP contribution in [0.15, 0.2) is 59.8 Å². The molecule has 186 valence electrons. The highest BCUT2D eigenvalue weighted by Crippen LogP contribution is 2.41. The van der Waals surface area contributed by atoms with E-state index in [9.17, 15) is 10.2 Å². The van der Waals surface area contributed by atoms with Gasteiger partial charge in [0.1, 0.15) is 11.8 Å². The Morgan fingerprint density at radius 2 is 1.81 bits per heavy atom. The number of aryl methyl sites for hydroxylation is 2. The van der Waals surface area contributed by atoms with Gasteiger partial charge in [-0.15, -0.1) is 0 Å². The van der Waals surface area contributed by atoms with E-state index in [1.54, 1.807) is 12.1 Å². The minimum Gasteiger partial charge on any atom is -0.454 e. The Labute approximate surface area is 222 Å². The molecule has 0 saturated heterocycles. The van der Waals surface area contributed by atoms with Crippen molar-refractivity contribution in [2.24, 2.45) is 5.10 Å². The highest BCUT2D eigenvalue weighted by atomic mass is 35.5. The number of rotatable bonds is 4.